The fourth-order valence-electron chi connectivity index (χ4n) is 2.62. The fourth-order valence-corrected chi connectivity index (χ4v) is 3.20. The highest BCUT2D eigenvalue weighted by atomic mass is 79.9. The minimum absolute atomic E-state index is 0.0929. The van der Waals surface area contributed by atoms with Crippen molar-refractivity contribution in [2.45, 2.75) is 26.7 Å². The van der Waals surface area contributed by atoms with Crippen molar-refractivity contribution in [2.24, 2.45) is 5.92 Å². The number of rotatable bonds is 8. The van der Waals surface area contributed by atoms with Crippen LogP contribution < -0.4 is 15.4 Å². The van der Waals surface area contributed by atoms with E-state index in [1.165, 1.54) is 0 Å². The van der Waals surface area contributed by atoms with Crippen LogP contribution in [0, 0.1) is 5.92 Å². The van der Waals surface area contributed by atoms with Crippen LogP contribution in [0.4, 0.5) is 5.69 Å². The molecule has 0 saturated heterocycles. The predicted molar refractivity (Wildman–Crippen MR) is 132 cm³/mol. The second-order valence-corrected chi connectivity index (χ2v) is 9.06. The molecule has 6 nitrogen and oxygen atoms in total. The van der Waals surface area contributed by atoms with E-state index in [1.54, 1.807) is 31.1 Å². The van der Waals surface area contributed by atoms with E-state index in [0.717, 1.165) is 15.7 Å². The molecule has 0 heterocycles. The van der Waals surface area contributed by atoms with E-state index in [1.807, 2.05) is 44.2 Å². The molecule has 0 saturated carbocycles. The lowest BCUT2D eigenvalue weighted by Gasteiger charge is -2.15. The van der Waals surface area contributed by atoms with Crippen LogP contribution in [0.5, 0.6) is 5.75 Å². The number of nitrogens with zero attached hydrogens (tertiary/aromatic N) is 1. The number of hydrogen-bond acceptors (Lipinski definition) is 4. The van der Waals surface area contributed by atoms with Gasteiger partial charge in [-0.1, -0.05) is 41.9 Å². The molecule has 2 rings (SSSR count). The number of aryl methyl sites for hydroxylation is 1. The Morgan fingerprint density at radius 2 is 1.81 bits per heavy atom. The number of anilines is 1. The number of ether oxygens (including phenoxy) is 1. The van der Waals surface area contributed by atoms with Crippen LogP contribution in [0.15, 0.2) is 46.9 Å². The first-order valence-corrected chi connectivity index (χ1v) is 11.2. The highest BCUT2D eigenvalue weighted by Crippen LogP contribution is 2.24. The number of amides is 2. The Balaban J connectivity index is 1.96. The molecule has 0 radical (unpaired) electrons. The van der Waals surface area contributed by atoms with Gasteiger partial charge in [-0.15, -0.1) is 0 Å². The zero-order valence-electron chi connectivity index (χ0n) is 18.2. The molecule has 2 aromatic rings. The first-order chi connectivity index (χ1) is 14.7. The van der Waals surface area contributed by atoms with Gasteiger partial charge in [-0.2, -0.15) is 0 Å². The van der Waals surface area contributed by atoms with Gasteiger partial charge in [0.15, 0.2) is 5.11 Å². The van der Waals surface area contributed by atoms with E-state index in [2.05, 4.69) is 26.6 Å². The summed E-state index contributed by atoms with van der Waals surface area (Å²) in [7, 11) is 3.50. The SMILES string of the molecule is CC(C)COc1ccc(Br)cc1C(=O)NC(=S)Nc1ccc(CCC(=O)N(C)C)cc1. The molecule has 0 atom stereocenters. The fraction of sp³-hybridized carbons (Fsp3) is 0.348. The molecule has 0 aromatic heterocycles. The second-order valence-electron chi connectivity index (χ2n) is 7.74. The number of hydrogen-bond donors (Lipinski definition) is 2. The van der Waals surface area contributed by atoms with Gasteiger partial charge >= 0.3 is 0 Å². The number of benzene rings is 2. The average Bonchev–Trinajstić information content (AvgIpc) is 2.71. The maximum absolute atomic E-state index is 12.7. The minimum Gasteiger partial charge on any atom is -0.492 e. The molecule has 8 heteroatoms. The lowest BCUT2D eigenvalue weighted by molar-refractivity contribution is -0.128. The molecule has 0 bridgehead atoms. The summed E-state index contributed by atoms with van der Waals surface area (Å²) in [5.41, 5.74) is 2.20. The second kappa shape index (κ2) is 11.8. The molecule has 0 aliphatic rings. The molecule has 0 aliphatic heterocycles. The normalized spacial score (nSPS) is 10.5. The van der Waals surface area contributed by atoms with Gasteiger partial charge in [0.2, 0.25) is 5.91 Å². The first-order valence-electron chi connectivity index (χ1n) is 9.99. The average molecular weight is 506 g/mol. The van der Waals surface area contributed by atoms with Gasteiger partial charge < -0.3 is 15.0 Å². The van der Waals surface area contributed by atoms with E-state index in [4.69, 9.17) is 17.0 Å². The van der Waals surface area contributed by atoms with Crippen molar-refractivity contribution in [2.75, 3.05) is 26.0 Å². The standard InChI is InChI=1S/C23H28BrN3O3S/c1-15(2)14-30-20-11-8-17(24)13-19(20)22(29)26-23(31)25-18-9-5-16(6-10-18)7-12-21(28)27(3)4/h5-6,8-11,13,15H,7,12,14H2,1-4H3,(H2,25,26,29,31). The number of carbonyl (C=O) groups excluding carboxylic acids is 2. The first kappa shape index (κ1) is 24.8. The number of halogens is 1. The molecule has 0 aliphatic carbocycles. The Morgan fingerprint density at radius 1 is 1.13 bits per heavy atom. The molecule has 2 N–H and O–H groups in total. The van der Waals surface area contributed by atoms with Crippen molar-refractivity contribution < 1.29 is 14.3 Å². The summed E-state index contributed by atoms with van der Waals surface area (Å²) >= 11 is 8.69. The molecule has 166 valence electrons. The van der Waals surface area contributed by atoms with E-state index in [-0.39, 0.29) is 16.9 Å². The van der Waals surface area contributed by atoms with Gasteiger partial charge in [0.25, 0.3) is 5.91 Å². The molecule has 2 amide bonds. The van der Waals surface area contributed by atoms with E-state index in [9.17, 15) is 9.59 Å². The summed E-state index contributed by atoms with van der Waals surface area (Å²) in [5, 5.41) is 5.90. The van der Waals surface area contributed by atoms with Crippen LogP contribution in [0.25, 0.3) is 0 Å². The Labute approximate surface area is 197 Å². The van der Waals surface area contributed by atoms with Crippen molar-refractivity contribution in [3.8, 4) is 5.75 Å². The van der Waals surface area contributed by atoms with E-state index in [0.29, 0.717) is 36.7 Å². The van der Waals surface area contributed by atoms with Crippen LogP contribution >= 0.6 is 28.1 Å². The summed E-state index contributed by atoms with van der Waals surface area (Å²) in [6.07, 6.45) is 1.13. The van der Waals surface area contributed by atoms with Crippen molar-refractivity contribution in [3.63, 3.8) is 0 Å². The lowest BCUT2D eigenvalue weighted by Crippen LogP contribution is -2.34. The Bertz CT molecular complexity index is 930. The summed E-state index contributed by atoms with van der Waals surface area (Å²) in [5.74, 6) is 0.590. The summed E-state index contributed by atoms with van der Waals surface area (Å²) in [6.45, 7) is 4.60. The van der Waals surface area contributed by atoms with Crippen molar-refractivity contribution in [3.05, 3.63) is 58.1 Å². The molecular formula is C23H28BrN3O3S. The van der Waals surface area contributed by atoms with Gasteiger partial charge in [-0.05, 0) is 60.5 Å². The minimum atomic E-state index is -0.351. The summed E-state index contributed by atoms with van der Waals surface area (Å²) < 4.78 is 6.54. The van der Waals surface area contributed by atoms with E-state index < -0.39 is 0 Å². The van der Waals surface area contributed by atoms with Crippen molar-refractivity contribution >= 4 is 50.8 Å². The van der Waals surface area contributed by atoms with Gasteiger partial charge in [0.05, 0.1) is 12.2 Å². The van der Waals surface area contributed by atoms with Crippen molar-refractivity contribution in [1.82, 2.24) is 10.2 Å². The molecule has 31 heavy (non-hydrogen) atoms. The number of carbonyl (C=O) groups is 2. The molecule has 0 unspecified atom stereocenters. The van der Waals surface area contributed by atoms with Gasteiger partial charge in [-0.25, -0.2) is 0 Å². The third-order valence-corrected chi connectivity index (χ3v) is 5.02. The smallest absolute Gasteiger partial charge is 0.261 e. The number of thiocarbonyl (C=S) groups is 1. The van der Waals surface area contributed by atoms with Gasteiger partial charge in [0.1, 0.15) is 5.75 Å². The van der Waals surface area contributed by atoms with Crippen LogP contribution in [0.3, 0.4) is 0 Å². The maximum Gasteiger partial charge on any atom is 0.261 e. The zero-order valence-corrected chi connectivity index (χ0v) is 20.6. The molecule has 0 fully saturated rings. The molecule has 0 spiro atoms. The van der Waals surface area contributed by atoms with Crippen LogP contribution in [0.2, 0.25) is 0 Å². The highest BCUT2D eigenvalue weighted by Gasteiger charge is 2.15. The Hall–Kier alpha value is -2.45. The van der Waals surface area contributed by atoms with Crippen LogP contribution in [-0.4, -0.2) is 42.5 Å². The predicted octanol–water partition coefficient (Wildman–Crippen LogP) is 4.63. The van der Waals surface area contributed by atoms with Crippen LogP contribution in [-0.2, 0) is 11.2 Å². The third kappa shape index (κ3) is 8.30. The molecule has 2 aromatic carbocycles. The zero-order chi connectivity index (χ0) is 23.0. The quantitative estimate of drug-likeness (QED) is 0.511. The third-order valence-electron chi connectivity index (χ3n) is 4.32. The Morgan fingerprint density at radius 3 is 2.42 bits per heavy atom. The largest absolute Gasteiger partial charge is 0.492 e. The van der Waals surface area contributed by atoms with Crippen molar-refractivity contribution in [1.29, 1.82) is 0 Å². The Kier molecular flexibility index (Phi) is 9.45. The monoisotopic (exact) mass is 505 g/mol. The summed E-state index contributed by atoms with van der Waals surface area (Å²) in [4.78, 5) is 26.0. The van der Waals surface area contributed by atoms with Crippen LogP contribution in [0.1, 0.15) is 36.2 Å². The summed E-state index contributed by atoms with van der Waals surface area (Å²) in [6, 6.07) is 12.9. The lowest BCUT2D eigenvalue weighted by atomic mass is 10.1. The number of nitrogens with one attached hydrogen (secondary N) is 2. The topological polar surface area (TPSA) is 70.7 Å². The molecular weight excluding hydrogens is 478 g/mol. The van der Waals surface area contributed by atoms with Gasteiger partial charge in [0, 0.05) is 30.7 Å². The van der Waals surface area contributed by atoms with Gasteiger partial charge in [-0.3, -0.25) is 14.9 Å². The highest BCUT2D eigenvalue weighted by molar-refractivity contribution is 9.10. The maximum atomic E-state index is 12.7. The van der Waals surface area contributed by atoms with E-state index >= 15 is 0 Å².